The molecule has 5 atom stereocenters. The summed E-state index contributed by atoms with van der Waals surface area (Å²) in [5.41, 5.74) is 10.4. The first-order chi connectivity index (χ1) is 16.4. The molecule has 180 valence electrons. The molecule has 0 aromatic heterocycles. The predicted octanol–water partition coefficient (Wildman–Crippen LogP) is 4.36. The molecule has 1 fully saturated rings. The molecule has 1 aliphatic rings. The highest BCUT2D eigenvalue weighted by Crippen LogP contribution is 2.38. The lowest BCUT2D eigenvalue weighted by molar-refractivity contribution is -0.253. The van der Waals surface area contributed by atoms with Gasteiger partial charge in [-0.15, -0.1) is 0 Å². The summed E-state index contributed by atoms with van der Waals surface area (Å²) in [6, 6.07) is 25.0. The summed E-state index contributed by atoms with van der Waals surface area (Å²) in [5.74, 6) is 0. The molecule has 3 aromatic rings. The maximum atomic E-state index is 10.9. The molecule has 4 N–H and O–H groups in total. The van der Waals surface area contributed by atoms with Crippen LogP contribution in [0.2, 0.25) is 0 Å². The number of hydrogen-bond acceptors (Lipinski definition) is 6. The van der Waals surface area contributed by atoms with E-state index in [1.165, 1.54) is 0 Å². The second kappa shape index (κ2) is 11.1. The average Bonchev–Trinajstić information content (AvgIpc) is 2.88. The number of hydrogen-bond donors (Lipinski definition) is 3. The van der Waals surface area contributed by atoms with Gasteiger partial charge in [-0.2, -0.15) is 0 Å². The van der Waals surface area contributed by atoms with E-state index in [9.17, 15) is 10.2 Å². The summed E-state index contributed by atoms with van der Waals surface area (Å²) < 4.78 is 12.8. The Bertz CT molecular complexity index is 1040. The third-order valence-electron chi connectivity index (χ3n) is 6.58. The third-order valence-corrected chi connectivity index (χ3v) is 6.58. The summed E-state index contributed by atoms with van der Waals surface area (Å²) in [5, 5.41) is 20.3. The van der Waals surface area contributed by atoms with E-state index in [1.54, 1.807) is 0 Å². The van der Waals surface area contributed by atoms with E-state index < -0.39 is 12.4 Å². The van der Waals surface area contributed by atoms with Gasteiger partial charge in [0.25, 0.3) is 0 Å². The third kappa shape index (κ3) is 5.84. The number of likely N-dealkylation sites (N-methyl/N-ethyl adjacent to an activating group) is 1. The molecule has 0 saturated carbocycles. The molecule has 0 unspecified atom stereocenters. The average molecular weight is 463 g/mol. The molecule has 1 saturated heterocycles. The first-order valence-electron chi connectivity index (χ1n) is 11.7. The van der Waals surface area contributed by atoms with Crippen molar-refractivity contribution in [2.24, 2.45) is 0 Å². The van der Waals surface area contributed by atoms with Crippen molar-refractivity contribution in [1.29, 1.82) is 0 Å². The number of benzene rings is 3. The van der Waals surface area contributed by atoms with Crippen molar-refractivity contribution in [2.75, 3.05) is 19.3 Å². The number of nitrogen functional groups attached to an aromatic ring is 1. The molecule has 0 radical (unpaired) electrons. The van der Waals surface area contributed by atoms with Crippen molar-refractivity contribution in [2.45, 2.75) is 50.6 Å². The Kier molecular flexibility index (Phi) is 7.98. The minimum atomic E-state index is -0.599. The zero-order valence-electron chi connectivity index (χ0n) is 19.7. The monoisotopic (exact) mass is 462 g/mol. The molecule has 6 heteroatoms. The van der Waals surface area contributed by atoms with Crippen LogP contribution in [-0.4, -0.2) is 40.9 Å². The number of aliphatic hydroxyl groups is 2. The molecule has 1 heterocycles. The van der Waals surface area contributed by atoms with E-state index in [2.05, 4.69) is 4.90 Å². The minimum absolute atomic E-state index is 0.00980. The Morgan fingerprint density at radius 3 is 2.38 bits per heavy atom. The molecule has 1 aliphatic heterocycles. The SMILES string of the molecule is C[C@H]([C@@H](O)c1ccccc1)N(C)C[C@H]1C[C@@H](c2ccc(CO)cc2)O[C@@H](c2cccc(N)c2)O1. The maximum Gasteiger partial charge on any atom is 0.185 e. The summed E-state index contributed by atoms with van der Waals surface area (Å²) >= 11 is 0. The zero-order chi connectivity index (χ0) is 24.1. The molecule has 4 rings (SSSR count). The van der Waals surface area contributed by atoms with Crippen molar-refractivity contribution in [3.8, 4) is 0 Å². The fraction of sp³-hybridized carbons (Fsp3) is 0.357. The van der Waals surface area contributed by atoms with Crippen LogP contribution in [0.3, 0.4) is 0 Å². The number of aliphatic hydroxyl groups excluding tert-OH is 2. The van der Waals surface area contributed by atoms with Crippen LogP contribution in [0.15, 0.2) is 78.9 Å². The fourth-order valence-electron chi connectivity index (χ4n) is 4.40. The molecular formula is C28H34N2O4. The largest absolute Gasteiger partial charge is 0.399 e. The molecule has 0 spiro atoms. The van der Waals surface area contributed by atoms with Crippen molar-refractivity contribution in [3.63, 3.8) is 0 Å². The smallest absolute Gasteiger partial charge is 0.185 e. The van der Waals surface area contributed by atoms with E-state index in [0.29, 0.717) is 18.7 Å². The Morgan fingerprint density at radius 1 is 0.971 bits per heavy atom. The maximum absolute atomic E-state index is 10.9. The lowest BCUT2D eigenvalue weighted by Gasteiger charge is -2.39. The van der Waals surface area contributed by atoms with Crippen LogP contribution in [0.1, 0.15) is 54.1 Å². The first-order valence-corrected chi connectivity index (χ1v) is 11.7. The first kappa shape index (κ1) is 24.4. The Morgan fingerprint density at radius 2 is 1.71 bits per heavy atom. The van der Waals surface area contributed by atoms with Crippen LogP contribution in [0.4, 0.5) is 5.69 Å². The summed E-state index contributed by atoms with van der Waals surface area (Å²) in [6.45, 7) is 2.67. The van der Waals surface area contributed by atoms with Gasteiger partial charge in [-0.3, -0.25) is 4.90 Å². The standard InChI is InChI=1S/C28H34N2O4/c1-19(27(32)22-7-4-3-5-8-22)30(2)17-25-16-26(21-13-11-20(18-31)12-14-21)34-28(33-25)23-9-6-10-24(29)15-23/h3-15,19,25-28,31-32H,16-18,29H2,1-2H3/t19-,25-,26+,27-,28+/m1/s1. The molecule has 6 nitrogen and oxygen atoms in total. The Hall–Kier alpha value is -2.74. The molecule has 0 amide bonds. The van der Waals surface area contributed by atoms with Crippen LogP contribution in [0, 0.1) is 0 Å². The van der Waals surface area contributed by atoms with E-state index in [0.717, 1.165) is 22.3 Å². The van der Waals surface area contributed by atoms with Gasteiger partial charge in [-0.05, 0) is 42.8 Å². The summed E-state index contributed by atoms with van der Waals surface area (Å²) in [6.07, 6.45) is -0.751. The van der Waals surface area contributed by atoms with Gasteiger partial charge in [0, 0.05) is 30.3 Å². The highest BCUT2D eigenvalue weighted by atomic mass is 16.7. The van der Waals surface area contributed by atoms with Crippen molar-refractivity contribution in [1.82, 2.24) is 4.90 Å². The summed E-state index contributed by atoms with van der Waals surface area (Å²) in [4.78, 5) is 2.13. The summed E-state index contributed by atoms with van der Waals surface area (Å²) in [7, 11) is 2.01. The second-order valence-electron chi connectivity index (χ2n) is 9.06. The molecular weight excluding hydrogens is 428 g/mol. The van der Waals surface area contributed by atoms with Gasteiger partial charge in [-0.1, -0.05) is 66.7 Å². The highest BCUT2D eigenvalue weighted by molar-refractivity contribution is 5.41. The zero-order valence-corrected chi connectivity index (χ0v) is 19.7. The number of nitrogens with zero attached hydrogens (tertiary/aromatic N) is 1. The van der Waals surface area contributed by atoms with Gasteiger partial charge < -0.3 is 25.4 Å². The van der Waals surface area contributed by atoms with Gasteiger partial charge in [0.1, 0.15) is 0 Å². The predicted molar refractivity (Wildman–Crippen MR) is 133 cm³/mol. The van der Waals surface area contributed by atoms with Gasteiger partial charge in [0.15, 0.2) is 6.29 Å². The number of ether oxygens (including phenoxy) is 2. The van der Waals surface area contributed by atoms with Gasteiger partial charge in [0.05, 0.1) is 24.9 Å². The van der Waals surface area contributed by atoms with Crippen LogP contribution in [0.25, 0.3) is 0 Å². The van der Waals surface area contributed by atoms with Crippen molar-refractivity contribution in [3.05, 3.63) is 101 Å². The van der Waals surface area contributed by atoms with Crippen molar-refractivity contribution < 1.29 is 19.7 Å². The van der Waals surface area contributed by atoms with Gasteiger partial charge >= 0.3 is 0 Å². The van der Waals surface area contributed by atoms with Crippen LogP contribution >= 0.6 is 0 Å². The molecule has 0 aliphatic carbocycles. The van der Waals surface area contributed by atoms with Crippen LogP contribution in [-0.2, 0) is 16.1 Å². The van der Waals surface area contributed by atoms with E-state index in [1.807, 2.05) is 92.8 Å². The number of nitrogens with two attached hydrogens (primary N) is 1. The lowest BCUT2D eigenvalue weighted by atomic mass is 9.98. The van der Waals surface area contributed by atoms with Gasteiger partial charge in [-0.25, -0.2) is 0 Å². The second-order valence-corrected chi connectivity index (χ2v) is 9.06. The van der Waals surface area contributed by atoms with Crippen LogP contribution < -0.4 is 5.73 Å². The van der Waals surface area contributed by atoms with E-state index in [-0.39, 0.29) is 24.9 Å². The lowest BCUT2D eigenvalue weighted by Crippen LogP contribution is -2.43. The Balaban J connectivity index is 1.52. The molecule has 0 bridgehead atoms. The minimum Gasteiger partial charge on any atom is -0.399 e. The normalized spacial score (nSPS) is 22.4. The van der Waals surface area contributed by atoms with E-state index in [4.69, 9.17) is 15.2 Å². The van der Waals surface area contributed by atoms with Gasteiger partial charge in [0.2, 0.25) is 0 Å². The quantitative estimate of drug-likeness (QED) is 0.431. The fourth-order valence-corrected chi connectivity index (χ4v) is 4.40. The highest BCUT2D eigenvalue weighted by Gasteiger charge is 2.34. The van der Waals surface area contributed by atoms with Crippen molar-refractivity contribution >= 4 is 5.69 Å². The molecule has 34 heavy (non-hydrogen) atoms. The van der Waals surface area contributed by atoms with E-state index >= 15 is 0 Å². The number of anilines is 1. The topological polar surface area (TPSA) is 88.2 Å². The van der Waals surface area contributed by atoms with Crippen LogP contribution in [0.5, 0.6) is 0 Å². The molecule has 3 aromatic carbocycles. The Labute approximate surface area is 201 Å². The number of rotatable bonds is 8.